The summed E-state index contributed by atoms with van der Waals surface area (Å²) < 4.78 is 0. The number of likely N-dealkylation sites (N-methyl/N-ethyl adjacent to an activating group) is 1. The number of fused-ring (bicyclic) bond motifs is 1. The number of hydrogen-bond acceptors (Lipinski definition) is 7. The lowest BCUT2D eigenvalue weighted by Crippen LogP contribution is -2.44. The van der Waals surface area contributed by atoms with Gasteiger partial charge in [0.15, 0.2) is 0 Å². The van der Waals surface area contributed by atoms with Gasteiger partial charge >= 0.3 is 0 Å². The first-order chi connectivity index (χ1) is 19.0. The zero-order valence-electron chi connectivity index (χ0n) is 23.0. The van der Waals surface area contributed by atoms with Crippen molar-refractivity contribution < 1.29 is 4.79 Å². The number of aromatic amines is 1. The standard InChI is InChI=1S/C30H38N8O/c1-4-20(21-14-22(19-32-18-21)35-29(39)5-2)15-24-23(6-8-33-28(24)17-31)27-16-25-26(36-27)7-9-34-30(25)38-12-10-37(3)11-13-38/h6-7,9,14-20,33,36H,4-5,8,10-13,31H2,1-3H3,(H,35,39)/b24-15-,28-17+. The topological polar surface area (TPSA) is 115 Å². The Morgan fingerprint density at radius 2 is 2.03 bits per heavy atom. The number of rotatable bonds is 7. The number of aromatic nitrogens is 3. The number of carbonyl (C=O) groups is 1. The molecule has 0 spiro atoms. The highest BCUT2D eigenvalue weighted by Gasteiger charge is 2.23. The molecular formula is C30H38N8O. The van der Waals surface area contributed by atoms with Crippen molar-refractivity contribution in [3.05, 3.63) is 77.7 Å². The van der Waals surface area contributed by atoms with Gasteiger partial charge in [0.2, 0.25) is 5.91 Å². The fourth-order valence-electron chi connectivity index (χ4n) is 5.28. The molecule has 1 amide bonds. The molecule has 3 aromatic rings. The van der Waals surface area contributed by atoms with Gasteiger partial charge in [0, 0.05) is 85.9 Å². The van der Waals surface area contributed by atoms with Crippen molar-refractivity contribution in [3.63, 3.8) is 0 Å². The second-order valence-corrected chi connectivity index (χ2v) is 10.2. The number of anilines is 2. The van der Waals surface area contributed by atoms with E-state index in [0.29, 0.717) is 18.7 Å². The van der Waals surface area contributed by atoms with Crippen molar-refractivity contribution in [2.24, 2.45) is 5.73 Å². The van der Waals surface area contributed by atoms with Crippen LogP contribution in [0.2, 0.25) is 0 Å². The lowest BCUT2D eigenvalue weighted by atomic mass is 9.89. The highest BCUT2D eigenvalue weighted by molar-refractivity contribution is 5.96. The van der Waals surface area contributed by atoms with E-state index in [4.69, 9.17) is 10.7 Å². The quantitative estimate of drug-likeness (QED) is 0.368. The van der Waals surface area contributed by atoms with Crippen LogP contribution in [0.5, 0.6) is 0 Å². The Morgan fingerprint density at radius 1 is 1.21 bits per heavy atom. The highest BCUT2D eigenvalue weighted by atomic mass is 16.1. The number of carbonyl (C=O) groups excluding carboxylic acids is 1. The molecule has 0 radical (unpaired) electrons. The number of nitrogens with one attached hydrogen (secondary N) is 3. The van der Waals surface area contributed by atoms with Gasteiger partial charge < -0.3 is 31.2 Å². The number of amides is 1. The monoisotopic (exact) mass is 526 g/mol. The zero-order chi connectivity index (χ0) is 27.4. The van der Waals surface area contributed by atoms with E-state index in [0.717, 1.165) is 77.4 Å². The number of nitrogens with two attached hydrogens (primary N) is 1. The van der Waals surface area contributed by atoms with E-state index in [9.17, 15) is 4.79 Å². The van der Waals surface area contributed by atoms with E-state index < -0.39 is 0 Å². The highest BCUT2D eigenvalue weighted by Crippen LogP contribution is 2.36. The van der Waals surface area contributed by atoms with Gasteiger partial charge in [-0.05, 0) is 37.2 Å². The molecule has 2 aliphatic rings. The van der Waals surface area contributed by atoms with Gasteiger partial charge in [-0.15, -0.1) is 0 Å². The molecule has 0 bridgehead atoms. The first-order valence-electron chi connectivity index (χ1n) is 13.8. The van der Waals surface area contributed by atoms with Crippen molar-refractivity contribution in [3.8, 4) is 0 Å². The van der Waals surface area contributed by atoms with Gasteiger partial charge in [-0.2, -0.15) is 0 Å². The van der Waals surface area contributed by atoms with Crippen LogP contribution in [0.1, 0.15) is 43.9 Å². The molecule has 204 valence electrons. The number of H-pyrrole nitrogens is 1. The van der Waals surface area contributed by atoms with Crippen LogP contribution in [0.4, 0.5) is 11.5 Å². The van der Waals surface area contributed by atoms with Crippen LogP contribution in [-0.4, -0.2) is 65.5 Å². The van der Waals surface area contributed by atoms with Crippen molar-refractivity contribution in [1.82, 2.24) is 25.2 Å². The van der Waals surface area contributed by atoms with E-state index in [1.807, 2.05) is 31.5 Å². The zero-order valence-corrected chi connectivity index (χ0v) is 23.0. The van der Waals surface area contributed by atoms with E-state index in [1.165, 1.54) is 0 Å². The van der Waals surface area contributed by atoms with Crippen LogP contribution in [0, 0.1) is 0 Å². The molecule has 3 aromatic heterocycles. The third kappa shape index (κ3) is 5.68. The summed E-state index contributed by atoms with van der Waals surface area (Å²) in [5.74, 6) is 1.08. The number of pyridine rings is 2. The molecule has 1 fully saturated rings. The molecule has 0 aliphatic carbocycles. The van der Waals surface area contributed by atoms with Gasteiger partial charge in [-0.3, -0.25) is 9.78 Å². The van der Waals surface area contributed by atoms with E-state index in [-0.39, 0.29) is 11.8 Å². The molecule has 9 heteroatoms. The minimum atomic E-state index is -0.0281. The molecule has 0 aromatic carbocycles. The summed E-state index contributed by atoms with van der Waals surface area (Å²) in [4.78, 5) is 29.5. The Bertz CT molecular complexity index is 1430. The normalized spacial score (nSPS) is 19.3. The number of nitrogens with zero attached hydrogens (tertiary/aromatic N) is 4. The average Bonchev–Trinajstić information content (AvgIpc) is 3.41. The lowest BCUT2D eigenvalue weighted by molar-refractivity contribution is -0.115. The predicted octanol–water partition coefficient (Wildman–Crippen LogP) is 3.97. The van der Waals surface area contributed by atoms with Gasteiger partial charge in [0.1, 0.15) is 5.82 Å². The first-order valence-corrected chi connectivity index (χ1v) is 13.8. The Kier molecular flexibility index (Phi) is 7.97. The van der Waals surface area contributed by atoms with E-state index in [1.54, 1.807) is 12.4 Å². The van der Waals surface area contributed by atoms with Gasteiger partial charge in [-0.1, -0.05) is 26.0 Å². The molecule has 5 N–H and O–H groups in total. The molecule has 1 atom stereocenters. The maximum absolute atomic E-state index is 11.9. The predicted molar refractivity (Wildman–Crippen MR) is 158 cm³/mol. The molecule has 2 aliphatic heterocycles. The van der Waals surface area contributed by atoms with Gasteiger partial charge in [0.25, 0.3) is 0 Å². The second-order valence-electron chi connectivity index (χ2n) is 10.2. The van der Waals surface area contributed by atoms with Crippen LogP contribution >= 0.6 is 0 Å². The minimum absolute atomic E-state index is 0.0281. The minimum Gasteiger partial charge on any atom is -0.403 e. The van der Waals surface area contributed by atoms with Crippen molar-refractivity contribution >= 4 is 33.9 Å². The van der Waals surface area contributed by atoms with Crippen LogP contribution in [0.15, 0.2) is 66.4 Å². The third-order valence-electron chi connectivity index (χ3n) is 7.57. The molecule has 1 unspecified atom stereocenters. The summed E-state index contributed by atoms with van der Waals surface area (Å²) in [5.41, 5.74) is 13.0. The van der Waals surface area contributed by atoms with Crippen LogP contribution in [-0.2, 0) is 4.79 Å². The summed E-state index contributed by atoms with van der Waals surface area (Å²) in [6.45, 7) is 8.66. The summed E-state index contributed by atoms with van der Waals surface area (Å²) in [7, 11) is 2.16. The van der Waals surface area contributed by atoms with Crippen molar-refractivity contribution in [2.45, 2.75) is 32.6 Å². The molecular weight excluding hydrogens is 488 g/mol. The first kappa shape index (κ1) is 26.5. The number of piperazine rings is 1. The molecule has 1 saturated heterocycles. The van der Waals surface area contributed by atoms with E-state index in [2.05, 4.69) is 62.6 Å². The SMILES string of the molecule is CCC(=O)Nc1cncc(C(/C=C2/C(c3cc4c(N5CCN(C)CC5)nccc4[nH]3)=CCN/C2=C/N)CC)c1. The molecule has 39 heavy (non-hydrogen) atoms. The summed E-state index contributed by atoms with van der Waals surface area (Å²) >= 11 is 0. The average molecular weight is 527 g/mol. The smallest absolute Gasteiger partial charge is 0.224 e. The lowest BCUT2D eigenvalue weighted by Gasteiger charge is -2.33. The van der Waals surface area contributed by atoms with Crippen LogP contribution in [0.3, 0.4) is 0 Å². The molecule has 0 saturated carbocycles. The van der Waals surface area contributed by atoms with E-state index >= 15 is 0 Å². The third-order valence-corrected chi connectivity index (χ3v) is 7.57. The maximum Gasteiger partial charge on any atom is 0.224 e. The Hall–Kier alpha value is -4.11. The van der Waals surface area contributed by atoms with Crippen molar-refractivity contribution in [2.75, 3.05) is 50.0 Å². The molecule has 5 rings (SSSR count). The Labute approximate surface area is 229 Å². The molecule has 9 nitrogen and oxygen atoms in total. The Morgan fingerprint density at radius 3 is 2.77 bits per heavy atom. The fourth-order valence-corrected chi connectivity index (χ4v) is 5.28. The Balaban J connectivity index is 1.51. The number of hydrogen-bond donors (Lipinski definition) is 4. The van der Waals surface area contributed by atoms with Crippen LogP contribution < -0.4 is 21.3 Å². The number of allylic oxidation sites excluding steroid dienone is 2. The summed E-state index contributed by atoms with van der Waals surface area (Å²) in [6.07, 6.45) is 12.8. The largest absolute Gasteiger partial charge is 0.403 e. The van der Waals surface area contributed by atoms with Gasteiger partial charge in [0.05, 0.1) is 23.1 Å². The second kappa shape index (κ2) is 11.7. The van der Waals surface area contributed by atoms with Crippen molar-refractivity contribution in [1.29, 1.82) is 0 Å². The summed E-state index contributed by atoms with van der Waals surface area (Å²) in [5, 5.41) is 7.48. The summed E-state index contributed by atoms with van der Waals surface area (Å²) in [6, 6.07) is 6.27. The van der Waals surface area contributed by atoms with Crippen LogP contribution in [0.25, 0.3) is 16.5 Å². The molecule has 5 heterocycles. The fraction of sp³-hybridized carbons (Fsp3) is 0.367. The maximum atomic E-state index is 11.9. The van der Waals surface area contributed by atoms with Gasteiger partial charge in [-0.25, -0.2) is 4.98 Å².